The molecule has 0 saturated heterocycles. The standard InChI is InChI=1S/C30H29N5O7S/c1-3-40-29(37)27-19(2)32-30(43)33-28(27)24-9-4-5-10-25(24)42-18-26(36)34-31-16-20-11-13-23(14-12-20)41-17-21-7-6-8-22(15-21)35(38)39/h4-16,28H,3,17-18H2,1-2H3,(H,34,36)(H2,32,33,43)/t28-/m0/s1. The molecule has 1 heterocycles. The zero-order valence-electron chi connectivity index (χ0n) is 23.4. The van der Waals surface area contributed by atoms with Gasteiger partial charge < -0.3 is 24.8 Å². The van der Waals surface area contributed by atoms with E-state index in [-0.39, 0.29) is 25.5 Å². The van der Waals surface area contributed by atoms with E-state index < -0.39 is 22.8 Å². The molecule has 0 bridgehead atoms. The Hall–Kier alpha value is -5.30. The van der Waals surface area contributed by atoms with Crippen molar-refractivity contribution in [1.82, 2.24) is 16.1 Å². The first-order chi connectivity index (χ1) is 20.7. The Kier molecular flexibility index (Phi) is 10.4. The van der Waals surface area contributed by atoms with Gasteiger partial charge in [-0.3, -0.25) is 14.9 Å². The van der Waals surface area contributed by atoms with Crippen molar-refractivity contribution in [2.75, 3.05) is 13.2 Å². The quantitative estimate of drug-likeness (QED) is 0.0908. The molecule has 0 aromatic heterocycles. The summed E-state index contributed by atoms with van der Waals surface area (Å²) in [5.74, 6) is -0.0235. The molecule has 1 amide bonds. The van der Waals surface area contributed by atoms with Crippen LogP contribution in [0.2, 0.25) is 0 Å². The summed E-state index contributed by atoms with van der Waals surface area (Å²) >= 11 is 5.30. The van der Waals surface area contributed by atoms with Crippen molar-refractivity contribution in [2.45, 2.75) is 26.5 Å². The number of nitro benzene ring substituents is 1. The van der Waals surface area contributed by atoms with Crippen LogP contribution in [0.5, 0.6) is 11.5 Å². The minimum absolute atomic E-state index is 0.00289. The number of carbonyl (C=O) groups excluding carboxylic acids is 2. The molecule has 0 aliphatic carbocycles. The van der Waals surface area contributed by atoms with Gasteiger partial charge in [-0.2, -0.15) is 5.10 Å². The molecule has 3 aromatic rings. The number of nitrogens with one attached hydrogen (secondary N) is 3. The van der Waals surface area contributed by atoms with Crippen LogP contribution in [0.1, 0.15) is 36.6 Å². The van der Waals surface area contributed by atoms with Crippen LogP contribution in [0.4, 0.5) is 5.69 Å². The number of ether oxygens (including phenoxy) is 3. The lowest BCUT2D eigenvalue weighted by atomic mass is 9.95. The number of benzene rings is 3. The van der Waals surface area contributed by atoms with Gasteiger partial charge in [0, 0.05) is 23.4 Å². The summed E-state index contributed by atoms with van der Waals surface area (Å²) < 4.78 is 16.7. The van der Waals surface area contributed by atoms with Gasteiger partial charge in [-0.25, -0.2) is 10.2 Å². The molecule has 1 aliphatic heterocycles. The maximum absolute atomic E-state index is 12.7. The molecule has 0 radical (unpaired) electrons. The average Bonchev–Trinajstić information content (AvgIpc) is 2.99. The van der Waals surface area contributed by atoms with E-state index in [4.69, 9.17) is 26.4 Å². The fourth-order valence-corrected chi connectivity index (χ4v) is 4.46. The maximum Gasteiger partial charge on any atom is 0.338 e. The van der Waals surface area contributed by atoms with E-state index in [9.17, 15) is 19.7 Å². The SMILES string of the molecule is CCOC(=O)C1=C(C)NC(=S)N[C@H]1c1ccccc1OCC(=O)NN=Cc1ccc(OCc2cccc([N+](=O)[O-])c2)cc1. The largest absolute Gasteiger partial charge is 0.489 e. The number of hydrogen-bond acceptors (Lipinski definition) is 9. The third-order valence-corrected chi connectivity index (χ3v) is 6.38. The van der Waals surface area contributed by atoms with Crippen molar-refractivity contribution < 1.29 is 28.7 Å². The number of hydrazone groups is 1. The molecule has 3 aromatic carbocycles. The van der Waals surface area contributed by atoms with Gasteiger partial charge in [0.05, 0.1) is 29.4 Å². The molecule has 0 fully saturated rings. The number of hydrogen-bond donors (Lipinski definition) is 3. The van der Waals surface area contributed by atoms with E-state index in [1.165, 1.54) is 18.3 Å². The van der Waals surface area contributed by atoms with Gasteiger partial charge in [0.2, 0.25) is 0 Å². The van der Waals surface area contributed by atoms with Crippen molar-refractivity contribution in [3.63, 3.8) is 0 Å². The molecular weight excluding hydrogens is 574 g/mol. The zero-order chi connectivity index (χ0) is 30.8. The van der Waals surface area contributed by atoms with Gasteiger partial charge in [0.1, 0.15) is 18.1 Å². The van der Waals surface area contributed by atoms with Gasteiger partial charge >= 0.3 is 5.97 Å². The van der Waals surface area contributed by atoms with Crippen molar-refractivity contribution >= 4 is 41.1 Å². The molecular formula is C30H29N5O7S. The molecule has 13 heteroatoms. The number of carbonyl (C=O) groups is 2. The van der Waals surface area contributed by atoms with Crippen LogP contribution in [0.25, 0.3) is 0 Å². The highest BCUT2D eigenvalue weighted by molar-refractivity contribution is 7.80. The predicted molar refractivity (Wildman–Crippen MR) is 162 cm³/mol. The van der Waals surface area contributed by atoms with Crippen LogP contribution < -0.4 is 25.5 Å². The third kappa shape index (κ3) is 8.36. The van der Waals surface area contributed by atoms with Crippen molar-refractivity contribution in [3.05, 3.63) is 111 Å². The van der Waals surface area contributed by atoms with E-state index in [1.807, 2.05) is 0 Å². The number of rotatable bonds is 12. The lowest BCUT2D eigenvalue weighted by Gasteiger charge is -2.30. The number of nitrogens with zero attached hydrogens (tertiary/aromatic N) is 2. The van der Waals surface area contributed by atoms with Crippen LogP contribution in [-0.2, 0) is 20.9 Å². The van der Waals surface area contributed by atoms with Gasteiger partial charge in [0.25, 0.3) is 11.6 Å². The number of para-hydroxylation sites is 1. The zero-order valence-corrected chi connectivity index (χ0v) is 24.2. The molecule has 222 valence electrons. The number of nitro groups is 1. The van der Waals surface area contributed by atoms with Crippen molar-refractivity contribution in [1.29, 1.82) is 0 Å². The molecule has 0 unspecified atom stereocenters. The van der Waals surface area contributed by atoms with Crippen LogP contribution in [0, 0.1) is 10.1 Å². The summed E-state index contributed by atoms with van der Waals surface area (Å²) in [5.41, 5.74) is 5.34. The number of non-ortho nitro benzene ring substituents is 1. The highest BCUT2D eigenvalue weighted by atomic mass is 32.1. The Morgan fingerprint density at radius 1 is 1.09 bits per heavy atom. The second-order valence-corrected chi connectivity index (χ2v) is 9.60. The first-order valence-electron chi connectivity index (χ1n) is 13.2. The Balaban J connectivity index is 1.31. The number of allylic oxidation sites excluding steroid dienone is 1. The fourth-order valence-electron chi connectivity index (χ4n) is 4.19. The topological polar surface area (TPSA) is 153 Å². The summed E-state index contributed by atoms with van der Waals surface area (Å²) in [5, 5.41) is 21.3. The molecule has 0 spiro atoms. The number of esters is 1. The second-order valence-electron chi connectivity index (χ2n) is 9.20. The second kappa shape index (κ2) is 14.5. The smallest absolute Gasteiger partial charge is 0.338 e. The van der Waals surface area contributed by atoms with Gasteiger partial charge in [-0.15, -0.1) is 0 Å². The Morgan fingerprint density at radius 2 is 1.86 bits per heavy atom. The van der Waals surface area contributed by atoms with Crippen LogP contribution in [0.15, 0.2) is 89.2 Å². The number of amides is 1. The van der Waals surface area contributed by atoms with E-state index >= 15 is 0 Å². The summed E-state index contributed by atoms with van der Waals surface area (Å²) in [6.07, 6.45) is 1.47. The molecule has 1 atom stereocenters. The molecule has 12 nitrogen and oxygen atoms in total. The predicted octanol–water partition coefficient (Wildman–Crippen LogP) is 4.06. The summed E-state index contributed by atoms with van der Waals surface area (Å²) in [6.45, 7) is 3.53. The van der Waals surface area contributed by atoms with Crippen LogP contribution in [0.3, 0.4) is 0 Å². The third-order valence-electron chi connectivity index (χ3n) is 6.16. The van der Waals surface area contributed by atoms with Gasteiger partial charge in [0.15, 0.2) is 11.7 Å². The van der Waals surface area contributed by atoms with Crippen LogP contribution >= 0.6 is 12.2 Å². The van der Waals surface area contributed by atoms with Crippen molar-refractivity contribution in [2.24, 2.45) is 5.10 Å². The molecule has 4 rings (SSSR count). The van der Waals surface area contributed by atoms with Gasteiger partial charge in [-0.05, 0) is 67.5 Å². The van der Waals surface area contributed by atoms with Gasteiger partial charge in [-0.1, -0.05) is 30.3 Å². The van der Waals surface area contributed by atoms with E-state index in [0.717, 1.165) is 0 Å². The summed E-state index contributed by atoms with van der Waals surface area (Å²) in [6, 6.07) is 19.6. The normalized spacial score (nSPS) is 14.5. The monoisotopic (exact) mass is 603 g/mol. The Bertz CT molecular complexity index is 1570. The minimum Gasteiger partial charge on any atom is -0.489 e. The van der Waals surface area contributed by atoms with Crippen LogP contribution in [-0.4, -0.2) is 41.3 Å². The fraction of sp³-hybridized carbons (Fsp3) is 0.200. The number of thiocarbonyl (C=S) groups is 1. The average molecular weight is 604 g/mol. The lowest BCUT2D eigenvalue weighted by Crippen LogP contribution is -2.45. The highest BCUT2D eigenvalue weighted by Crippen LogP contribution is 2.33. The van der Waals surface area contributed by atoms with Crippen molar-refractivity contribution in [3.8, 4) is 11.5 Å². The summed E-state index contributed by atoms with van der Waals surface area (Å²) in [7, 11) is 0. The van der Waals surface area contributed by atoms with E-state index in [1.54, 1.807) is 74.5 Å². The first-order valence-corrected chi connectivity index (χ1v) is 13.6. The molecule has 3 N–H and O–H groups in total. The van der Waals surface area contributed by atoms with E-state index in [0.29, 0.717) is 44.6 Å². The minimum atomic E-state index is -0.636. The summed E-state index contributed by atoms with van der Waals surface area (Å²) in [4.78, 5) is 35.6. The highest BCUT2D eigenvalue weighted by Gasteiger charge is 2.32. The lowest BCUT2D eigenvalue weighted by molar-refractivity contribution is -0.384. The maximum atomic E-state index is 12.7. The molecule has 43 heavy (non-hydrogen) atoms. The van der Waals surface area contributed by atoms with E-state index in [2.05, 4.69) is 21.2 Å². The first kappa shape index (κ1) is 30.7. The molecule has 0 saturated carbocycles. The Morgan fingerprint density at radius 3 is 2.60 bits per heavy atom. The molecule has 1 aliphatic rings. The Labute approximate surface area is 252 Å².